The lowest BCUT2D eigenvalue weighted by atomic mass is 9.72. The normalized spacial score (nSPS) is 28.5. The summed E-state index contributed by atoms with van der Waals surface area (Å²) in [5.41, 5.74) is 0.383. The lowest BCUT2D eigenvalue weighted by Gasteiger charge is -2.42. The van der Waals surface area contributed by atoms with Crippen LogP contribution in [0.25, 0.3) is 0 Å². The van der Waals surface area contributed by atoms with Gasteiger partial charge in [-0.25, -0.2) is 0 Å². The first-order chi connectivity index (χ1) is 4.86. The van der Waals surface area contributed by atoms with Gasteiger partial charge in [0.25, 0.3) is 0 Å². The molecule has 1 saturated heterocycles. The van der Waals surface area contributed by atoms with Crippen LogP contribution in [0.15, 0.2) is 0 Å². The largest absolute Gasteiger partial charge is 0.315 e. The molecule has 1 aliphatic heterocycles. The van der Waals surface area contributed by atoms with Crippen LogP contribution in [0.2, 0.25) is 0 Å². The third-order valence-corrected chi connectivity index (χ3v) is 3.47. The Labute approximate surface area is 74.6 Å². The zero-order valence-corrected chi connectivity index (χ0v) is 8.64. The standard InChI is InChI=1S/C9H17NS/c1-8(2)5-10-6-9(3,4)7(8)11/h10H,5-6H2,1-4H3. The van der Waals surface area contributed by atoms with Gasteiger partial charge in [-0.3, -0.25) is 0 Å². The van der Waals surface area contributed by atoms with Crippen molar-refractivity contribution in [1.29, 1.82) is 0 Å². The zero-order valence-electron chi connectivity index (χ0n) is 7.82. The first kappa shape index (κ1) is 9.14. The Morgan fingerprint density at radius 1 is 1.09 bits per heavy atom. The van der Waals surface area contributed by atoms with Crippen molar-refractivity contribution in [1.82, 2.24) is 5.32 Å². The Hall–Kier alpha value is 0.0500. The van der Waals surface area contributed by atoms with Crippen molar-refractivity contribution in [3.63, 3.8) is 0 Å². The van der Waals surface area contributed by atoms with E-state index in [4.69, 9.17) is 12.2 Å². The molecule has 0 atom stereocenters. The molecule has 0 unspecified atom stereocenters. The lowest BCUT2D eigenvalue weighted by Crippen LogP contribution is -2.52. The zero-order chi connectivity index (χ0) is 8.70. The summed E-state index contributed by atoms with van der Waals surface area (Å²) in [7, 11) is 0. The molecule has 1 fully saturated rings. The minimum atomic E-state index is 0.192. The first-order valence-electron chi connectivity index (χ1n) is 4.12. The number of rotatable bonds is 0. The lowest BCUT2D eigenvalue weighted by molar-refractivity contribution is 0.332. The molecule has 0 spiro atoms. The van der Waals surface area contributed by atoms with Gasteiger partial charge in [-0.15, -0.1) is 0 Å². The van der Waals surface area contributed by atoms with E-state index < -0.39 is 0 Å². The summed E-state index contributed by atoms with van der Waals surface area (Å²) in [4.78, 5) is 1.21. The molecule has 1 rings (SSSR count). The van der Waals surface area contributed by atoms with E-state index in [0.29, 0.717) is 0 Å². The molecule has 0 radical (unpaired) electrons. The summed E-state index contributed by atoms with van der Waals surface area (Å²) in [6, 6.07) is 0. The number of thiocarbonyl (C=S) groups is 1. The molecule has 2 heteroatoms. The molecule has 0 aromatic carbocycles. The van der Waals surface area contributed by atoms with Crippen LogP contribution in [-0.4, -0.2) is 18.0 Å². The van der Waals surface area contributed by atoms with Gasteiger partial charge in [0.1, 0.15) is 0 Å². The maximum absolute atomic E-state index is 5.44. The second-order valence-corrected chi connectivity index (χ2v) is 5.11. The highest BCUT2D eigenvalue weighted by molar-refractivity contribution is 7.80. The summed E-state index contributed by atoms with van der Waals surface area (Å²) in [5, 5.41) is 3.41. The fourth-order valence-corrected chi connectivity index (χ4v) is 1.91. The maximum atomic E-state index is 5.44. The summed E-state index contributed by atoms with van der Waals surface area (Å²) in [6.07, 6.45) is 0. The van der Waals surface area contributed by atoms with Crippen molar-refractivity contribution in [3.8, 4) is 0 Å². The van der Waals surface area contributed by atoms with Crippen molar-refractivity contribution in [3.05, 3.63) is 0 Å². The van der Waals surface area contributed by atoms with E-state index in [-0.39, 0.29) is 10.8 Å². The third-order valence-electron chi connectivity index (χ3n) is 2.36. The molecule has 0 aromatic rings. The van der Waals surface area contributed by atoms with Gasteiger partial charge in [0, 0.05) is 28.8 Å². The van der Waals surface area contributed by atoms with Crippen LogP contribution in [0.4, 0.5) is 0 Å². The molecule has 11 heavy (non-hydrogen) atoms. The van der Waals surface area contributed by atoms with Crippen LogP contribution in [-0.2, 0) is 0 Å². The van der Waals surface area contributed by atoms with Gasteiger partial charge < -0.3 is 5.32 Å². The first-order valence-corrected chi connectivity index (χ1v) is 4.53. The summed E-state index contributed by atoms with van der Waals surface area (Å²) < 4.78 is 0. The molecule has 0 aromatic heterocycles. The van der Waals surface area contributed by atoms with Gasteiger partial charge in [0.15, 0.2) is 0 Å². The third kappa shape index (κ3) is 1.62. The summed E-state index contributed by atoms with van der Waals surface area (Å²) in [6.45, 7) is 10.9. The second-order valence-electron chi connectivity index (χ2n) is 4.70. The number of hydrogen-bond donors (Lipinski definition) is 1. The fourth-order valence-electron chi connectivity index (χ4n) is 1.76. The van der Waals surface area contributed by atoms with E-state index in [1.165, 1.54) is 4.86 Å². The Morgan fingerprint density at radius 2 is 1.45 bits per heavy atom. The molecule has 1 N–H and O–H groups in total. The monoisotopic (exact) mass is 171 g/mol. The average Bonchev–Trinajstić information content (AvgIpc) is 1.82. The van der Waals surface area contributed by atoms with Gasteiger partial charge in [-0.1, -0.05) is 39.9 Å². The predicted molar refractivity (Wildman–Crippen MR) is 53.0 cm³/mol. The second kappa shape index (κ2) is 2.53. The highest BCUT2D eigenvalue weighted by atomic mass is 32.1. The van der Waals surface area contributed by atoms with Crippen LogP contribution in [0.5, 0.6) is 0 Å². The quantitative estimate of drug-likeness (QED) is 0.560. The number of hydrogen-bond acceptors (Lipinski definition) is 2. The Bertz CT molecular complexity index is 164. The molecular weight excluding hydrogens is 154 g/mol. The Morgan fingerprint density at radius 3 is 1.73 bits per heavy atom. The maximum Gasteiger partial charge on any atom is 0.00907 e. The summed E-state index contributed by atoms with van der Waals surface area (Å²) >= 11 is 5.44. The molecular formula is C9H17NS. The molecule has 1 nitrogen and oxygen atoms in total. The molecule has 0 aliphatic carbocycles. The highest BCUT2D eigenvalue weighted by Gasteiger charge is 2.38. The van der Waals surface area contributed by atoms with E-state index in [0.717, 1.165) is 13.1 Å². The van der Waals surface area contributed by atoms with Gasteiger partial charge in [-0.2, -0.15) is 0 Å². The fraction of sp³-hybridized carbons (Fsp3) is 0.889. The number of piperidine rings is 1. The summed E-state index contributed by atoms with van der Waals surface area (Å²) in [5.74, 6) is 0. The Balaban J connectivity index is 2.85. The smallest absolute Gasteiger partial charge is 0.00907 e. The minimum Gasteiger partial charge on any atom is -0.315 e. The van der Waals surface area contributed by atoms with Gasteiger partial charge >= 0.3 is 0 Å². The van der Waals surface area contributed by atoms with Crippen molar-refractivity contribution in [2.45, 2.75) is 27.7 Å². The van der Waals surface area contributed by atoms with Gasteiger partial charge in [0.05, 0.1) is 0 Å². The van der Waals surface area contributed by atoms with Crippen molar-refractivity contribution >= 4 is 17.1 Å². The van der Waals surface area contributed by atoms with E-state index in [2.05, 4.69) is 33.0 Å². The van der Waals surface area contributed by atoms with Crippen LogP contribution in [0.1, 0.15) is 27.7 Å². The van der Waals surface area contributed by atoms with E-state index >= 15 is 0 Å². The predicted octanol–water partition coefficient (Wildman–Crippen LogP) is 2.01. The van der Waals surface area contributed by atoms with Crippen molar-refractivity contribution in [2.75, 3.05) is 13.1 Å². The van der Waals surface area contributed by atoms with Crippen LogP contribution in [0.3, 0.4) is 0 Å². The number of nitrogens with one attached hydrogen (secondary N) is 1. The average molecular weight is 171 g/mol. The van der Waals surface area contributed by atoms with Gasteiger partial charge in [-0.05, 0) is 0 Å². The molecule has 1 heterocycles. The van der Waals surface area contributed by atoms with E-state index in [1.54, 1.807) is 0 Å². The van der Waals surface area contributed by atoms with E-state index in [1.807, 2.05) is 0 Å². The van der Waals surface area contributed by atoms with Crippen LogP contribution < -0.4 is 5.32 Å². The van der Waals surface area contributed by atoms with Crippen LogP contribution >= 0.6 is 12.2 Å². The highest BCUT2D eigenvalue weighted by Crippen LogP contribution is 2.33. The molecule has 1 aliphatic rings. The van der Waals surface area contributed by atoms with Crippen molar-refractivity contribution in [2.24, 2.45) is 10.8 Å². The van der Waals surface area contributed by atoms with Crippen LogP contribution in [0, 0.1) is 10.8 Å². The molecule has 0 bridgehead atoms. The topological polar surface area (TPSA) is 12.0 Å². The molecule has 64 valence electrons. The molecule has 0 amide bonds. The Kier molecular flexibility index (Phi) is 2.10. The van der Waals surface area contributed by atoms with E-state index in [9.17, 15) is 0 Å². The van der Waals surface area contributed by atoms with Gasteiger partial charge in [0.2, 0.25) is 0 Å². The minimum absolute atomic E-state index is 0.192. The van der Waals surface area contributed by atoms with Crippen molar-refractivity contribution < 1.29 is 0 Å². The molecule has 0 saturated carbocycles. The SMILES string of the molecule is CC1(C)CNCC(C)(C)C1=S.